The average molecular weight is 325 g/mol. The molecule has 0 bridgehead atoms. The Labute approximate surface area is 139 Å². The van der Waals surface area contributed by atoms with E-state index in [0.29, 0.717) is 18.0 Å². The van der Waals surface area contributed by atoms with E-state index in [9.17, 15) is 4.79 Å². The zero-order valence-electron chi connectivity index (χ0n) is 13.5. The van der Waals surface area contributed by atoms with Crippen LogP contribution < -0.4 is 10.2 Å². The summed E-state index contributed by atoms with van der Waals surface area (Å²) in [5, 5.41) is 7.59. The molecule has 0 spiro atoms. The summed E-state index contributed by atoms with van der Waals surface area (Å²) in [5.74, 6) is 1.52. The van der Waals surface area contributed by atoms with Gasteiger partial charge in [0.25, 0.3) is 0 Å². The van der Waals surface area contributed by atoms with Gasteiger partial charge in [-0.15, -0.1) is 5.10 Å². The quantitative estimate of drug-likeness (QED) is 0.796. The van der Waals surface area contributed by atoms with E-state index in [2.05, 4.69) is 15.2 Å². The number of amides is 1. The molecule has 0 saturated carbocycles. The van der Waals surface area contributed by atoms with E-state index in [1.54, 1.807) is 10.8 Å². The number of hydrogen-bond acceptors (Lipinski definition) is 5. The molecule has 1 amide bonds. The monoisotopic (exact) mass is 325 g/mol. The number of furan rings is 1. The Kier molecular flexibility index (Phi) is 3.68. The highest BCUT2D eigenvalue weighted by Gasteiger charge is 2.20. The highest BCUT2D eigenvalue weighted by atomic mass is 16.3. The third-order valence-corrected chi connectivity index (χ3v) is 4.25. The number of aromatic nitrogens is 3. The molecule has 4 rings (SSSR count). The van der Waals surface area contributed by atoms with Crippen molar-refractivity contribution < 1.29 is 9.21 Å². The minimum Gasteiger partial charge on any atom is -0.463 e. The van der Waals surface area contributed by atoms with Crippen molar-refractivity contribution in [3.63, 3.8) is 0 Å². The summed E-state index contributed by atoms with van der Waals surface area (Å²) in [6.07, 6.45) is 4.00. The molecule has 3 aromatic heterocycles. The fraction of sp³-hybridized carbons (Fsp3) is 0.353. The van der Waals surface area contributed by atoms with Gasteiger partial charge in [-0.2, -0.15) is 0 Å². The molecular formula is C17H19N5O2. The van der Waals surface area contributed by atoms with Gasteiger partial charge in [0.2, 0.25) is 5.91 Å². The number of hydrogen-bond donors (Lipinski definition) is 1. The third-order valence-electron chi connectivity index (χ3n) is 4.25. The Morgan fingerprint density at radius 2 is 2.12 bits per heavy atom. The highest BCUT2D eigenvalue weighted by molar-refractivity contribution is 5.73. The zero-order valence-corrected chi connectivity index (χ0v) is 13.5. The summed E-state index contributed by atoms with van der Waals surface area (Å²) in [5.41, 5.74) is 2.26. The SMILES string of the molecule is CC(=O)NCc1c(-c2ccco2)nc2ccc(N3CCCC3)nn12. The van der Waals surface area contributed by atoms with Crippen molar-refractivity contribution in [2.75, 3.05) is 18.0 Å². The van der Waals surface area contributed by atoms with E-state index >= 15 is 0 Å². The van der Waals surface area contributed by atoms with Crippen molar-refractivity contribution in [2.45, 2.75) is 26.3 Å². The van der Waals surface area contributed by atoms with E-state index < -0.39 is 0 Å². The van der Waals surface area contributed by atoms with Crippen molar-refractivity contribution in [2.24, 2.45) is 0 Å². The molecule has 0 radical (unpaired) electrons. The van der Waals surface area contributed by atoms with Crippen LogP contribution in [0.15, 0.2) is 34.9 Å². The standard InChI is InChI=1S/C17H19N5O2/c1-12(23)18-11-13-17(14-5-4-10-24-14)19-15-6-7-16(20-22(13)15)21-8-2-3-9-21/h4-7,10H,2-3,8-9,11H2,1H3,(H,18,23). The minimum atomic E-state index is -0.0916. The summed E-state index contributed by atoms with van der Waals surface area (Å²) in [4.78, 5) is 18.3. The molecule has 0 aromatic carbocycles. The Hall–Kier alpha value is -2.83. The first kappa shape index (κ1) is 14.7. The lowest BCUT2D eigenvalue weighted by Crippen LogP contribution is -2.22. The van der Waals surface area contributed by atoms with Gasteiger partial charge in [0.05, 0.1) is 18.5 Å². The van der Waals surface area contributed by atoms with Gasteiger partial charge < -0.3 is 14.6 Å². The second-order valence-electron chi connectivity index (χ2n) is 5.95. The van der Waals surface area contributed by atoms with Gasteiger partial charge in [0, 0.05) is 20.0 Å². The molecule has 1 aliphatic heterocycles. The van der Waals surface area contributed by atoms with Gasteiger partial charge in [-0.1, -0.05) is 0 Å². The first-order chi connectivity index (χ1) is 11.7. The number of carbonyl (C=O) groups is 1. The second kappa shape index (κ2) is 5.99. The van der Waals surface area contributed by atoms with E-state index in [1.165, 1.54) is 19.8 Å². The molecule has 0 aliphatic carbocycles. The van der Waals surface area contributed by atoms with Crippen LogP contribution in [0.2, 0.25) is 0 Å². The smallest absolute Gasteiger partial charge is 0.217 e. The van der Waals surface area contributed by atoms with E-state index in [4.69, 9.17) is 9.52 Å². The molecular weight excluding hydrogens is 306 g/mol. The number of anilines is 1. The van der Waals surface area contributed by atoms with Gasteiger partial charge >= 0.3 is 0 Å². The predicted octanol–water partition coefficient (Wildman–Crippen LogP) is 2.23. The van der Waals surface area contributed by atoms with Crippen molar-refractivity contribution in [3.05, 3.63) is 36.2 Å². The maximum atomic E-state index is 11.4. The van der Waals surface area contributed by atoms with Crippen LogP contribution in [0.1, 0.15) is 25.5 Å². The molecule has 1 saturated heterocycles. The number of carbonyl (C=O) groups excluding carboxylic acids is 1. The number of nitrogens with zero attached hydrogens (tertiary/aromatic N) is 4. The van der Waals surface area contributed by atoms with Crippen LogP contribution in [-0.4, -0.2) is 33.6 Å². The van der Waals surface area contributed by atoms with E-state index in [0.717, 1.165) is 30.2 Å². The van der Waals surface area contributed by atoms with Crippen LogP contribution in [0.5, 0.6) is 0 Å². The van der Waals surface area contributed by atoms with Crippen molar-refractivity contribution in [1.29, 1.82) is 0 Å². The molecule has 7 heteroatoms. The van der Waals surface area contributed by atoms with Gasteiger partial charge in [-0.05, 0) is 37.1 Å². The molecule has 4 heterocycles. The van der Waals surface area contributed by atoms with Gasteiger partial charge in [0.1, 0.15) is 11.5 Å². The van der Waals surface area contributed by atoms with E-state index in [1.807, 2.05) is 24.3 Å². The van der Waals surface area contributed by atoms with Crippen LogP contribution in [0.4, 0.5) is 5.82 Å². The van der Waals surface area contributed by atoms with Crippen molar-refractivity contribution in [3.8, 4) is 11.5 Å². The maximum Gasteiger partial charge on any atom is 0.217 e. The minimum absolute atomic E-state index is 0.0916. The van der Waals surface area contributed by atoms with Crippen LogP contribution in [0.3, 0.4) is 0 Å². The number of rotatable bonds is 4. The second-order valence-corrected chi connectivity index (χ2v) is 5.95. The van der Waals surface area contributed by atoms with Crippen LogP contribution in [-0.2, 0) is 11.3 Å². The normalized spacial score (nSPS) is 14.5. The third kappa shape index (κ3) is 2.62. The Morgan fingerprint density at radius 3 is 2.83 bits per heavy atom. The fourth-order valence-corrected chi connectivity index (χ4v) is 3.06. The summed E-state index contributed by atoms with van der Waals surface area (Å²) in [7, 11) is 0. The zero-order chi connectivity index (χ0) is 16.5. The molecule has 7 nitrogen and oxygen atoms in total. The summed E-state index contributed by atoms with van der Waals surface area (Å²) in [6, 6.07) is 7.65. The molecule has 24 heavy (non-hydrogen) atoms. The predicted molar refractivity (Wildman–Crippen MR) is 89.7 cm³/mol. The summed E-state index contributed by atoms with van der Waals surface area (Å²) in [6.45, 7) is 3.90. The van der Waals surface area contributed by atoms with Gasteiger partial charge in [-0.25, -0.2) is 9.50 Å². The Balaban J connectivity index is 1.82. The number of imidazole rings is 1. The number of fused-ring (bicyclic) bond motifs is 1. The van der Waals surface area contributed by atoms with E-state index in [-0.39, 0.29) is 5.91 Å². The Morgan fingerprint density at radius 1 is 1.29 bits per heavy atom. The molecule has 1 N–H and O–H groups in total. The van der Waals surface area contributed by atoms with Crippen LogP contribution in [0.25, 0.3) is 17.1 Å². The average Bonchev–Trinajstić information content (AvgIpc) is 3.31. The molecule has 1 fully saturated rings. The lowest BCUT2D eigenvalue weighted by atomic mass is 10.2. The fourth-order valence-electron chi connectivity index (χ4n) is 3.06. The lowest BCUT2D eigenvalue weighted by molar-refractivity contribution is -0.119. The molecule has 0 atom stereocenters. The van der Waals surface area contributed by atoms with Gasteiger partial charge in [-0.3, -0.25) is 4.79 Å². The molecule has 0 unspecified atom stereocenters. The number of nitrogens with one attached hydrogen (secondary N) is 1. The molecule has 1 aliphatic rings. The van der Waals surface area contributed by atoms with Gasteiger partial charge in [0.15, 0.2) is 11.4 Å². The maximum absolute atomic E-state index is 11.4. The van der Waals surface area contributed by atoms with Crippen LogP contribution >= 0.6 is 0 Å². The molecule has 124 valence electrons. The first-order valence-electron chi connectivity index (χ1n) is 8.14. The lowest BCUT2D eigenvalue weighted by Gasteiger charge is -2.16. The summed E-state index contributed by atoms with van der Waals surface area (Å²) < 4.78 is 7.31. The Bertz CT molecular complexity index is 863. The highest BCUT2D eigenvalue weighted by Crippen LogP contribution is 2.26. The molecule has 3 aromatic rings. The van der Waals surface area contributed by atoms with Crippen LogP contribution in [0, 0.1) is 0 Å². The van der Waals surface area contributed by atoms with Crippen molar-refractivity contribution >= 4 is 17.4 Å². The first-order valence-corrected chi connectivity index (χ1v) is 8.14. The van der Waals surface area contributed by atoms with Crippen molar-refractivity contribution in [1.82, 2.24) is 19.9 Å². The largest absolute Gasteiger partial charge is 0.463 e. The topological polar surface area (TPSA) is 75.7 Å². The summed E-state index contributed by atoms with van der Waals surface area (Å²) >= 11 is 0.